The number of para-hydroxylation sites is 1. The number of rotatable bonds is 4. The third-order valence-electron chi connectivity index (χ3n) is 4.27. The summed E-state index contributed by atoms with van der Waals surface area (Å²) in [5, 5.41) is 5.39. The second kappa shape index (κ2) is 8.79. The smallest absolute Gasteiger partial charge is 0.302 e. The van der Waals surface area contributed by atoms with Gasteiger partial charge in [0.25, 0.3) is 0 Å². The lowest BCUT2D eigenvalue weighted by atomic mass is 10.1. The fourth-order valence-corrected chi connectivity index (χ4v) is 3.95. The van der Waals surface area contributed by atoms with Crippen LogP contribution in [-0.4, -0.2) is 11.0 Å². The van der Waals surface area contributed by atoms with Crippen molar-refractivity contribution in [3.63, 3.8) is 0 Å². The van der Waals surface area contributed by atoms with E-state index in [-0.39, 0.29) is 5.13 Å². The molecule has 0 bridgehead atoms. The molecule has 0 radical (unpaired) electrons. The number of hydrogen-bond acceptors (Lipinski definition) is 3. The van der Waals surface area contributed by atoms with Crippen molar-refractivity contribution in [1.82, 2.24) is 4.98 Å². The van der Waals surface area contributed by atoms with Crippen LogP contribution in [0, 0.1) is 17.5 Å². The van der Waals surface area contributed by atoms with Crippen molar-refractivity contribution >= 4 is 39.8 Å². The second-order valence-corrected chi connectivity index (χ2v) is 7.82. The Hall–Kier alpha value is -3.36. The maximum atomic E-state index is 13.8. The first-order valence-electron chi connectivity index (χ1n) is 8.95. The molecule has 31 heavy (non-hydrogen) atoms. The molecule has 4 aromatic rings. The second-order valence-electron chi connectivity index (χ2n) is 6.39. The molecule has 0 aliphatic heterocycles. The maximum Gasteiger partial charge on any atom is 0.325 e. The normalized spacial score (nSPS) is 10.7. The Morgan fingerprint density at radius 2 is 1.45 bits per heavy atom. The zero-order valence-corrected chi connectivity index (χ0v) is 17.2. The molecule has 0 aliphatic carbocycles. The van der Waals surface area contributed by atoms with Crippen LogP contribution in [0.2, 0.25) is 5.02 Å². The van der Waals surface area contributed by atoms with Crippen molar-refractivity contribution in [2.24, 2.45) is 0 Å². The van der Waals surface area contributed by atoms with Crippen LogP contribution in [0.4, 0.5) is 28.8 Å². The molecular formula is C22H13ClF3N3OS. The minimum absolute atomic E-state index is 0.193. The maximum absolute atomic E-state index is 13.8. The third-order valence-corrected chi connectivity index (χ3v) is 5.54. The van der Waals surface area contributed by atoms with E-state index < -0.39 is 29.2 Å². The van der Waals surface area contributed by atoms with E-state index in [1.807, 2.05) is 0 Å². The van der Waals surface area contributed by atoms with Crippen molar-refractivity contribution in [3.8, 4) is 21.7 Å². The number of nitrogens with zero attached hydrogens (tertiary/aromatic N) is 1. The summed E-state index contributed by atoms with van der Waals surface area (Å²) < 4.78 is 40.9. The first-order valence-corrected chi connectivity index (χ1v) is 10.1. The van der Waals surface area contributed by atoms with Gasteiger partial charge in [0.05, 0.1) is 10.6 Å². The van der Waals surface area contributed by atoms with Gasteiger partial charge in [0, 0.05) is 10.6 Å². The topological polar surface area (TPSA) is 54.0 Å². The number of nitrogens with one attached hydrogen (secondary N) is 2. The summed E-state index contributed by atoms with van der Waals surface area (Å²) in [4.78, 5) is 17.5. The largest absolute Gasteiger partial charge is 0.325 e. The molecule has 0 unspecified atom stereocenters. The van der Waals surface area contributed by atoms with E-state index in [1.165, 1.54) is 18.2 Å². The SMILES string of the molecule is O=C(Nc1nc(-c2ccc(F)cc2)c(-c2ccc(Cl)cc2)s1)Nc1c(F)cccc1F. The zero-order valence-electron chi connectivity index (χ0n) is 15.6. The van der Waals surface area contributed by atoms with E-state index in [0.29, 0.717) is 21.2 Å². The number of anilines is 2. The fourth-order valence-electron chi connectivity index (χ4n) is 2.83. The molecule has 4 rings (SSSR count). The first kappa shape index (κ1) is 20.9. The Kier molecular flexibility index (Phi) is 5.92. The van der Waals surface area contributed by atoms with Gasteiger partial charge in [0.1, 0.15) is 23.1 Å². The van der Waals surface area contributed by atoms with Gasteiger partial charge in [0.2, 0.25) is 0 Å². The van der Waals surface area contributed by atoms with Crippen LogP contribution in [0.1, 0.15) is 0 Å². The van der Waals surface area contributed by atoms with Gasteiger partial charge in [-0.1, -0.05) is 41.1 Å². The summed E-state index contributed by atoms with van der Waals surface area (Å²) in [6.07, 6.45) is 0. The lowest BCUT2D eigenvalue weighted by molar-refractivity contribution is 0.262. The average Bonchev–Trinajstić information content (AvgIpc) is 3.15. The van der Waals surface area contributed by atoms with Gasteiger partial charge >= 0.3 is 6.03 Å². The molecule has 156 valence electrons. The van der Waals surface area contributed by atoms with E-state index in [4.69, 9.17) is 11.6 Å². The Bertz CT molecular complexity index is 1160. The van der Waals surface area contributed by atoms with Crippen molar-refractivity contribution in [2.75, 3.05) is 10.6 Å². The number of carbonyl (C=O) groups excluding carboxylic acids is 1. The Labute approximate surface area is 184 Å². The van der Waals surface area contributed by atoms with Gasteiger partial charge in [-0.2, -0.15) is 0 Å². The van der Waals surface area contributed by atoms with E-state index in [1.54, 1.807) is 36.4 Å². The highest BCUT2D eigenvalue weighted by Gasteiger charge is 2.18. The van der Waals surface area contributed by atoms with E-state index in [9.17, 15) is 18.0 Å². The van der Waals surface area contributed by atoms with Gasteiger partial charge in [-0.15, -0.1) is 0 Å². The summed E-state index contributed by atoms with van der Waals surface area (Å²) >= 11 is 7.13. The lowest BCUT2D eigenvalue weighted by Crippen LogP contribution is -2.20. The van der Waals surface area contributed by atoms with Gasteiger partial charge in [-0.3, -0.25) is 5.32 Å². The monoisotopic (exact) mass is 459 g/mol. The highest BCUT2D eigenvalue weighted by Crippen LogP contribution is 2.39. The quantitative estimate of drug-likeness (QED) is 0.339. The highest BCUT2D eigenvalue weighted by atomic mass is 35.5. The molecule has 0 fully saturated rings. The first-order chi connectivity index (χ1) is 14.9. The van der Waals surface area contributed by atoms with Gasteiger partial charge in [0.15, 0.2) is 5.13 Å². The number of benzene rings is 3. The van der Waals surface area contributed by atoms with Crippen LogP contribution in [0.25, 0.3) is 21.7 Å². The minimum Gasteiger partial charge on any atom is -0.302 e. The van der Waals surface area contributed by atoms with Crippen molar-refractivity contribution in [1.29, 1.82) is 0 Å². The van der Waals surface area contributed by atoms with Crippen molar-refractivity contribution in [3.05, 3.63) is 89.2 Å². The number of amides is 2. The summed E-state index contributed by atoms with van der Waals surface area (Å²) in [6.45, 7) is 0. The molecule has 2 N–H and O–H groups in total. The number of urea groups is 1. The predicted octanol–water partition coefficient (Wildman–Crippen LogP) is 7.19. The number of aromatic nitrogens is 1. The summed E-state index contributed by atoms with van der Waals surface area (Å²) in [5.74, 6) is -2.19. The van der Waals surface area contributed by atoms with Crippen molar-refractivity contribution in [2.45, 2.75) is 0 Å². The Morgan fingerprint density at radius 1 is 0.839 bits per heavy atom. The molecule has 0 aliphatic rings. The molecule has 4 nitrogen and oxygen atoms in total. The molecule has 0 spiro atoms. The van der Waals surface area contributed by atoms with E-state index in [0.717, 1.165) is 29.0 Å². The third kappa shape index (κ3) is 4.70. The van der Waals surface area contributed by atoms with Crippen LogP contribution >= 0.6 is 22.9 Å². The summed E-state index contributed by atoms with van der Waals surface area (Å²) in [5.41, 5.74) is 1.37. The fraction of sp³-hybridized carbons (Fsp3) is 0. The molecule has 0 saturated heterocycles. The summed E-state index contributed by atoms with van der Waals surface area (Å²) in [7, 11) is 0. The molecule has 0 saturated carbocycles. The number of carbonyl (C=O) groups is 1. The van der Waals surface area contributed by atoms with E-state index in [2.05, 4.69) is 15.6 Å². The van der Waals surface area contributed by atoms with Gasteiger partial charge < -0.3 is 5.32 Å². The molecule has 0 atom stereocenters. The van der Waals surface area contributed by atoms with Crippen LogP contribution in [0.5, 0.6) is 0 Å². The lowest BCUT2D eigenvalue weighted by Gasteiger charge is -2.07. The average molecular weight is 460 g/mol. The zero-order chi connectivity index (χ0) is 22.0. The van der Waals surface area contributed by atoms with Gasteiger partial charge in [-0.05, 0) is 54.1 Å². The van der Waals surface area contributed by atoms with Gasteiger partial charge in [-0.25, -0.2) is 22.9 Å². The van der Waals surface area contributed by atoms with Crippen LogP contribution in [0.15, 0.2) is 66.7 Å². The van der Waals surface area contributed by atoms with Crippen LogP contribution in [0.3, 0.4) is 0 Å². The Balaban J connectivity index is 1.67. The number of hydrogen-bond donors (Lipinski definition) is 2. The van der Waals surface area contributed by atoms with Crippen LogP contribution < -0.4 is 10.6 Å². The van der Waals surface area contributed by atoms with Crippen LogP contribution in [-0.2, 0) is 0 Å². The Morgan fingerprint density at radius 3 is 2.10 bits per heavy atom. The molecule has 1 heterocycles. The van der Waals surface area contributed by atoms with Crippen molar-refractivity contribution < 1.29 is 18.0 Å². The molecule has 1 aromatic heterocycles. The van der Waals surface area contributed by atoms with E-state index >= 15 is 0 Å². The molecule has 2 amide bonds. The number of halogens is 4. The molecule has 9 heteroatoms. The minimum atomic E-state index is -0.900. The number of thiazole rings is 1. The predicted molar refractivity (Wildman–Crippen MR) is 117 cm³/mol. The highest BCUT2D eigenvalue weighted by molar-refractivity contribution is 7.19. The molecular weight excluding hydrogens is 447 g/mol. The molecule has 3 aromatic carbocycles. The standard InChI is InChI=1S/C22H13ClF3N3OS/c23-14-8-4-13(5-9-14)20-18(12-6-10-15(24)11-7-12)28-22(31-20)29-21(30)27-19-16(25)2-1-3-17(19)26/h1-11H,(H2,27,28,29,30). The summed E-state index contributed by atoms with van der Waals surface area (Å²) in [6, 6.07) is 15.2.